The summed E-state index contributed by atoms with van der Waals surface area (Å²) in [5.41, 5.74) is -0.392. The van der Waals surface area contributed by atoms with E-state index < -0.39 is 5.60 Å². The Labute approximate surface area is 80.7 Å². The number of carbonyl (C=O) groups excluding carboxylic acids is 1. The Hall–Kier alpha value is -0.370. The van der Waals surface area contributed by atoms with Crippen molar-refractivity contribution in [1.29, 1.82) is 0 Å². The topological polar surface area (TPSA) is 26.3 Å². The lowest BCUT2D eigenvalue weighted by Crippen LogP contribution is -2.49. The van der Waals surface area contributed by atoms with Gasteiger partial charge in [-0.25, -0.2) is 0 Å². The first-order valence-corrected chi connectivity index (χ1v) is 5.29. The van der Waals surface area contributed by atoms with Crippen molar-refractivity contribution in [3.63, 3.8) is 0 Å². The van der Waals surface area contributed by atoms with E-state index in [0.29, 0.717) is 5.78 Å². The Morgan fingerprint density at radius 1 is 1.38 bits per heavy atom. The molecule has 0 aromatic rings. The monoisotopic (exact) mass is 184 g/mol. The molecule has 2 nitrogen and oxygen atoms in total. The molecule has 0 radical (unpaired) electrons. The number of Topliss-reactive ketones (excluding diaryl/α,β-unsaturated/α-hetero) is 1. The van der Waals surface area contributed by atoms with Crippen LogP contribution in [-0.4, -0.2) is 18.5 Å². The maximum Gasteiger partial charge on any atom is 0.167 e. The van der Waals surface area contributed by atoms with Crippen molar-refractivity contribution in [3.05, 3.63) is 0 Å². The van der Waals surface area contributed by atoms with Crippen LogP contribution in [0.25, 0.3) is 0 Å². The molecule has 0 aliphatic heterocycles. The van der Waals surface area contributed by atoms with Crippen molar-refractivity contribution in [2.75, 3.05) is 7.11 Å². The number of ether oxygens (including phenoxy) is 1. The fraction of sp³-hybridized carbons (Fsp3) is 0.909. The summed E-state index contributed by atoms with van der Waals surface area (Å²) < 4.78 is 5.37. The third-order valence-electron chi connectivity index (χ3n) is 3.36. The summed E-state index contributed by atoms with van der Waals surface area (Å²) in [6.07, 6.45) is 4.89. The Bertz CT molecular complexity index is 173. The van der Waals surface area contributed by atoms with E-state index in [9.17, 15) is 4.79 Å². The first kappa shape index (κ1) is 10.7. The van der Waals surface area contributed by atoms with E-state index in [2.05, 4.69) is 13.8 Å². The van der Waals surface area contributed by atoms with E-state index in [0.717, 1.165) is 32.1 Å². The minimum atomic E-state index is -0.392. The molecule has 0 atom stereocenters. The van der Waals surface area contributed by atoms with E-state index in [4.69, 9.17) is 4.74 Å². The number of hydrogen-bond acceptors (Lipinski definition) is 2. The molecule has 1 rings (SSSR count). The van der Waals surface area contributed by atoms with Crippen LogP contribution in [0.1, 0.15) is 46.0 Å². The van der Waals surface area contributed by atoms with Crippen LogP contribution in [0.5, 0.6) is 0 Å². The Balaban J connectivity index is 2.63. The highest BCUT2D eigenvalue weighted by atomic mass is 16.5. The van der Waals surface area contributed by atoms with Crippen molar-refractivity contribution >= 4 is 5.78 Å². The number of ketones is 1. The van der Waals surface area contributed by atoms with Gasteiger partial charge in [0.25, 0.3) is 0 Å². The minimum absolute atomic E-state index is 0.209. The molecule has 0 heterocycles. The van der Waals surface area contributed by atoms with Gasteiger partial charge in [-0.2, -0.15) is 0 Å². The lowest BCUT2D eigenvalue weighted by atomic mass is 9.72. The second-order valence-corrected chi connectivity index (χ2v) is 3.93. The summed E-state index contributed by atoms with van der Waals surface area (Å²) in [4.78, 5) is 12.0. The normalized spacial score (nSPS) is 20.0. The van der Waals surface area contributed by atoms with Crippen LogP contribution in [-0.2, 0) is 9.53 Å². The summed E-state index contributed by atoms with van der Waals surface area (Å²) in [6.45, 7) is 4.15. The summed E-state index contributed by atoms with van der Waals surface area (Å²) in [5.74, 6) is 0.548. The smallest absolute Gasteiger partial charge is 0.167 e. The molecule has 1 fully saturated rings. The van der Waals surface area contributed by atoms with Crippen LogP contribution in [0.3, 0.4) is 0 Å². The van der Waals surface area contributed by atoms with E-state index in [1.54, 1.807) is 7.11 Å². The van der Waals surface area contributed by atoms with Crippen LogP contribution < -0.4 is 0 Å². The summed E-state index contributed by atoms with van der Waals surface area (Å²) in [7, 11) is 1.67. The molecule has 0 saturated heterocycles. The third-order valence-corrected chi connectivity index (χ3v) is 3.36. The van der Waals surface area contributed by atoms with E-state index in [-0.39, 0.29) is 5.92 Å². The van der Waals surface area contributed by atoms with Gasteiger partial charge in [-0.15, -0.1) is 0 Å². The van der Waals surface area contributed by atoms with Crippen LogP contribution in [0, 0.1) is 5.92 Å². The molecule has 0 amide bonds. The zero-order valence-corrected chi connectivity index (χ0v) is 8.93. The first-order chi connectivity index (χ1) is 6.20. The third kappa shape index (κ3) is 1.78. The number of rotatable bonds is 5. The second kappa shape index (κ2) is 4.23. The first-order valence-electron chi connectivity index (χ1n) is 5.29. The van der Waals surface area contributed by atoms with E-state index in [1.165, 1.54) is 0 Å². The Kier molecular flexibility index (Phi) is 3.48. The van der Waals surface area contributed by atoms with Crippen molar-refractivity contribution in [2.24, 2.45) is 5.92 Å². The predicted octanol–water partition coefficient (Wildman–Crippen LogP) is 2.56. The molecule has 1 aliphatic rings. The Morgan fingerprint density at radius 3 is 2.15 bits per heavy atom. The summed E-state index contributed by atoms with van der Waals surface area (Å²) in [5, 5.41) is 0. The van der Waals surface area contributed by atoms with E-state index in [1.807, 2.05) is 0 Å². The van der Waals surface area contributed by atoms with Crippen LogP contribution in [0.15, 0.2) is 0 Å². The van der Waals surface area contributed by atoms with Crippen molar-refractivity contribution < 1.29 is 9.53 Å². The quantitative estimate of drug-likeness (QED) is 0.656. The average molecular weight is 184 g/mol. The predicted molar refractivity (Wildman–Crippen MR) is 52.7 cm³/mol. The van der Waals surface area contributed by atoms with Crippen LogP contribution >= 0.6 is 0 Å². The highest BCUT2D eigenvalue weighted by Crippen LogP contribution is 2.38. The lowest BCUT2D eigenvalue weighted by Gasteiger charge is -2.40. The largest absolute Gasteiger partial charge is 0.370 e. The van der Waals surface area contributed by atoms with Crippen molar-refractivity contribution in [1.82, 2.24) is 0 Å². The zero-order valence-electron chi connectivity index (χ0n) is 8.93. The van der Waals surface area contributed by atoms with Gasteiger partial charge >= 0.3 is 0 Å². The minimum Gasteiger partial charge on any atom is -0.370 e. The maximum absolute atomic E-state index is 12.0. The molecule has 0 aromatic heterocycles. The highest BCUT2D eigenvalue weighted by Gasteiger charge is 2.45. The van der Waals surface area contributed by atoms with Crippen LogP contribution in [0.4, 0.5) is 0 Å². The molecule has 13 heavy (non-hydrogen) atoms. The molecule has 0 bridgehead atoms. The van der Waals surface area contributed by atoms with E-state index >= 15 is 0 Å². The molecule has 76 valence electrons. The fourth-order valence-electron chi connectivity index (χ4n) is 2.08. The lowest BCUT2D eigenvalue weighted by molar-refractivity contribution is -0.156. The molecule has 0 unspecified atom stereocenters. The fourth-order valence-corrected chi connectivity index (χ4v) is 2.08. The summed E-state index contributed by atoms with van der Waals surface area (Å²) in [6, 6.07) is 0. The van der Waals surface area contributed by atoms with Gasteiger partial charge in [0, 0.05) is 13.0 Å². The Morgan fingerprint density at radius 2 is 1.92 bits per heavy atom. The van der Waals surface area contributed by atoms with Gasteiger partial charge in [0.15, 0.2) is 5.78 Å². The van der Waals surface area contributed by atoms with Gasteiger partial charge in [0.2, 0.25) is 0 Å². The molecule has 2 heteroatoms. The highest BCUT2D eigenvalue weighted by molar-refractivity contribution is 5.90. The van der Waals surface area contributed by atoms with Gasteiger partial charge in [0.1, 0.15) is 5.60 Å². The number of carbonyl (C=O) groups is 1. The van der Waals surface area contributed by atoms with Gasteiger partial charge < -0.3 is 4.74 Å². The SMILES string of the molecule is CCC(CC)C(=O)C1(OC)CCC1. The molecule has 1 aliphatic carbocycles. The number of methoxy groups -OCH3 is 1. The molecule has 0 aromatic carbocycles. The van der Waals surface area contributed by atoms with Crippen molar-refractivity contribution in [3.8, 4) is 0 Å². The van der Waals surface area contributed by atoms with Crippen molar-refractivity contribution in [2.45, 2.75) is 51.6 Å². The molecular formula is C11H20O2. The molecule has 0 N–H and O–H groups in total. The molecule has 0 spiro atoms. The van der Waals surface area contributed by atoms with Gasteiger partial charge in [0.05, 0.1) is 0 Å². The maximum atomic E-state index is 12.0. The average Bonchev–Trinajstić information content (AvgIpc) is 2.05. The second-order valence-electron chi connectivity index (χ2n) is 3.93. The van der Waals surface area contributed by atoms with Gasteiger partial charge in [-0.05, 0) is 32.1 Å². The summed E-state index contributed by atoms with van der Waals surface area (Å²) >= 11 is 0. The molecule has 1 saturated carbocycles. The van der Waals surface area contributed by atoms with Gasteiger partial charge in [-0.3, -0.25) is 4.79 Å². The van der Waals surface area contributed by atoms with Gasteiger partial charge in [-0.1, -0.05) is 13.8 Å². The molecular weight excluding hydrogens is 164 g/mol. The number of hydrogen-bond donors (Lipinski definition) is 0. The zero-order chi connectivity index (χ0) is 9.90. The standard InChI is InChI=1S/C11H20O2/c1-4-9(5-2)10(12)11(13-3)7-6-8-11/h9H,4-8H2,1-3H3. The van der Waals surface area contributed by atoms with Crippen LogP contribution in [0.2, 0.25) is 0 Å².